The Hall–Kier alpha value is -1.47. The molecule has 1 rings (SSSR count). The van der Waals surface area contributed by atoms with Gasteiger partial charge in [-0.25, -0.2) is 17.9 Å². The van der Waals surface area contributed by atoms with E-state index in [0.29, 0.717) is 12.8 Å². The summed E-state index contributed by atoms with van der Waals surface area (Å²) in [6.07, 6.45) is 1.40. The summed E-state index contributed by atoms with van der Waals surface area (Å²) in [6.45, 7) is 5.70. The summed E-state index contributed by atoms with van der Waals surface area (Å²) >= 11 is 0. The quantitative estimate of drug-likeness (QED) is 0.869. The highest BCUT2D eigenvalue weighted by molar-refractivity contribution is 7.89. The van der Waals surface area contributed by atoms with Crippen LogP contribution >= 0.6 is 0 Å². The summed E-state index contributed by atoms with van der Waals surface area (Å²) in [5.74, 6) is -1.49. The van der Waals surface area contributed by atoms with Crippen molar-refractivity contribution in [2.75, 3.05) is 0 Å². The Morgan fingerprint density at radius 2 is 1.90 bits per heavy atom. The van der Waals surface area contributed by atoms with Gasteiger partial charge in [-0.05, 0) is 38.0 Å². The second-order valence-electron chi connectivity index (χ2n) is 4.91. The van der Waals surface area contributed by atoms with Crippen LogP contribution in [0.3, 0.4) is 0 Å². The van der Waals surface area contributed by atoms with Crippen LogP contribution in [-0.2, 0) is 10.0 Å². The third-order valence-electron chi connectivity index (χ3n) is 3.49. The molecule has 5 nitrogen and oxygen atoms in total. The van der Waals surface area contributed by atoms with Crippen molar-refractivity contribution in [3.05, 3.63) is 29.6 Å². The first kappa shape index (κ1) is 16.6. The number of primary sulfonamides is 1. The van der Waals surface area contributed by atoms with Crippen LogP contribution in [0.5, 0.6) is 0 Å². The third kappa shape index (κ3) is 3.77. The molecule has 0 bridgehead atoms. The van der Waals surface area contributed by atoms with Crippen molar-refractivity contribution < 1.29 is 17.6 Å². The van der Waals surface area contributed by atoms with E-state index in [1.54, 1.807) is 0 Å². The second kappa shape index (κ2) is 5.88. The van der Waals surface area contributed by atoms with Gasteiger partial charge in [0, 0.05) is 5.54 Å². The Morgan fingerprint density at radius 3 is 2.30 bits per heavy atom. The zero-order valence-corrected chi connectivity index (χ0v) is 12.6. The lowest BCUT2D eigenvalue weighted by atomic mass is 9.95. The summed E-state index contributed by atoms with van der Waals surface area (Å²) in [5.41, 5.74) is -0.632. The van der Waals surface area contributed by atoms with Gasteiger partial charge in [0.2, 0.25) is 10.0 Å². The third-order valence-corrected chi connectivity index (χ3v) is 4.40. The van der Waals surface area contributed by atoms with Crippen molar-refractivity contribution in [2.24, 2.45) is 5.14 Å². The zero-order chi connectivity index (χ0) is 15.6. The van der Waals surface area contributed by atoms with E-state index in [4.69, 9.17) is 5.14 Å². The summed E-state index contributed by atoms with van der Waals surface area (Å²) in [6, 6.07) is 2.98. The summed E-state index contributed by atoms with van der Waals surface area (Å²) < 4.78 is 36.0. The molecule has 0 unspecified atom stereocenters. The number of carbonyl (C=O) groups is 1. The number of halogens is 1. The monoisotopic (exact) mass is 302 g/mol. The van der Waals surface area contributed by atoms with E-state index in [1.165, 1.54) is 0 Å². The number of benzene rings is 1. The van der Waals surface area contributed by atoms with E-state index >= 15 is 0 Å². The van der Waals surface area contributed by atoms with Crippen molar-refractivity contribution in [1.82, 2.24) is 5.32 Å². The van der Waals surface area contributed by atoms with Crippen molar-refractivity contribution >= 4 is 15.9 Å². The lowest BCUT2D eigenvalue weighted by molar-refractivity contribution is 0.0896. The van der Waals surface area contributed by atoms with Gasteiger partial charge in [0.15, 0.2) is 0 Å². The van der Waals surface area contributed by atoms with Gasteiger partial charge < -0.3 is 5.32 Å². The van der Waals surface area contributed by atoms with E-state index < -0.39 is 27.3 Å². The molecule has 0 saturated carbocycles. The van der Waals surface area contributed by atoms with Crippen LogP contribution in [0.2, 0.25) is 0 Å². The van der Waals surface area contributed by atoms with Gasteiger partial charge in [-0.2, -0.15) is 0 Å². The molecule has 0 radical (unpaired) electrons. The van der Waals surface area contributed by atoms with E-state index in [0.717, 1.165) is 18.2 Å². The lowest BCUT2D eigenvalue weighted by Gasteiger charge is -2.28. The Morgan fingerprint density at radius 1 is 1.35 bits per heavy atom. The van der Waals surface area contributed by atoms with Crippen LogP contribution in [0, 0.1) is 5.82 Å². The topological polar surface area (TPSA) is 89.3 Å². The average Bonchev–Trinajstić information content (AvgIpc) is 2.37. The van der Waals surface area contributed by atoms with Gasteiger partial charge in [0.25, 0.3) is 5.91 Å². The largest absolute Gasteiger partial charge is 0.347 e. The SMILES string of the molecule is CCC(C)(CC)NC(=O)c1ccc(S(N)(=O)=O)cc1F. The fourth-order valence-corrected chi connectivity index (χ4v) is 2.15. The van der Waals surface area contributed by atoms with Crippen molar-refractivity contribution in [2.45, 2.75) is 44.0 Å². The van der Waals surface area contributed by atoms with Crippen molar-refractivity contribution in [3.63, 3.8) is 0 Å². The van der Waals surface area contributed by atoms with Crippen molar-refractivity contribution in [1.29, 1.82) is 0 Å². The Kier molecular flexibility index (Phi) is 4.88. The van der Waals surface area contributed by atoms with Crippen LogP contribution in [0.15, 0.2) is 23.1 Å². The van der Waals surface area contributed by atoms with Gasteiger partial charge in [-0.3, -0.25) is 4.79 Å². The molecule has 1 amide bonds. The fraction of sp³-hybridized carbons (Fsp3) is 0.462. The molecule has 7 heteroatoms. The maximum Gasteiger partial charge on any atom is 0.254 e. The molecule has 1 aromatic carbocycles. The zero-order valence-electron chi connectivity index (χ0n) is 11.7. The van der Waals surface area contributed by atoms with E-state index in [1.807, 2.05) is 20.8 Å². The maximum atomic E-state index is 13.8. The second-order valence-corrected chi connectivity index (χ2v) is 6.47. The standard InChI is InChI=1S/C13H19FN2O3S/c1-4-13(3,5-2)16-12(17)10-7-6-9(8-11(10)14)20(15,18)19/h6-8H,4-5H2,1-3H3,(H,16,17)(H2,15,18,19). The molecule has 0 heterocycles. The van der Waals surface area contributed by atoms with Gasteiger partial charge in [0.05, 0.1) is 10.5 Å². The number of hydrogen-bond donors (Lipinski definition) is 2. The molecule has 0 fully saturated rings. The number of sulfonamides is 1. The Bertz CT molecular complexity index is 610. The summed E-state index contributed by atoms with van der Waals surface area (Å²) in [4.78, 5) is 11.7. The van der Waals surface area contributed by atoms with E-state index in [9.17, 15) is 17.6 Å². The van der Waals surface area contributed by atoms with Gasteiger partial charge in [0.1, 0.15) is 5.82 Å². The molecule has 1 aromatic rings. The minimum Gasteiger partial charge on any atom is -0.347 e. The highest BCUT2D eigenvalue weighted by atomic mass is 32.2. The molecule has 0 aliphatic heterocycles. The molecule has 3 N–H and O–H groups in total. The van der Waals surface area contributed by atoms with Crippen LogP contribution in [0.4, 0.5) is 4.39 Å². The molecule has 20 heavy (non-hydrogen) atoms. The number of rotatable bonds is 5. The predicted octanol–water partition coefficient (Wildman–Crippen LogP) is 1.78. The number of nitrogens with one attached hydrogen (secondary N) is 1. The van der Waals surface area contributed by atoms with Crippen LogP contribution in [0.1, 0.15) is 44.0 Å². The molecule has 0 aliphatic carbocycles. The van der Waals surface area contributed by atoms with E-state index in [2.05, 4.69) is 5.32 Å². The molecular weight excluding hydrogens is 283 g/mol. The Labute approximate surface area is 118 Å². The first-order valence-corrected chi connectivity index (χ1v) is 7.82. The minimum atomic E-state index is -3.98. The van der Waals surface area contributed by atoms with Crippen LogP contribution in [-0.4, -0.2) is 19.9 Å². The molecule has 0 aliphatic rings. The molecule has 0 saturated heterocycles. The minimum absolute atomic E-state index is 0.203. The first-order valence-electron chi connectivity index (χ1n) is 6.28. The Balaban J connectivity index is 3.07. The number of carbonyl (C=O) groups excluding carboxylic acids is 1. The normalized spacial score (nSPS) is 12.2. The first-order chi connectivity index (χ1) is 9.13. The van der Waals surface area contributed by atoms with Gasteiger partial charge in [-0.1, -0.05) is 13.8 Å². The maximum absolute atomic E-state index is 13.8. The highest BCUT2D eigenvalue weighted by Gasteiger charge is 2.24. The number of nitrogens with two attached hydrogens (primary N) is 1. The van der Waals surface area contributed by atoms with Crippen LogP contribution in [0.25, 0.3) is 0 Å². The van der Waals surface area contributed by atoms with Crippen LogP contribution < -0.4 is 10.5 Å². The predicted molar refractivity (Wildman–Crippen MR) is 74.2 cm³/mol. The van der Waals surface area contributed by atoms with Gasteiger partial charge >= 0.3 is 0 Å². The molecular formula is C13H19FN2O3S. The smallest absolute Gasteiger partial charge is 0.254 e. The summed E-state index contributed by atoms with van der Waals surface area (Å²) in [7, 11) is -3.98. The van der Waals surface area contributed by atoms with Crippen molar-refractivity contribution in [3.8, 4) is 0 Å². The molecule has 0 spiro atoms. The average molecular weight is 302 g/mol. The summed E-state index contributed by atoms with van der Waals surface area (Å²) in [5, 5.41) is 7.65. The molecule has 0 atom stereocenters. The number of hydrogen-bond acceptors (Lipinski definition) is 3. The van der Waals surface area contributed by atoms with E-state index in [-0.39, 0.29) is 10.5 Å². The molecule has 0 aromatic heterocycles. The molecule has 112 valence electrons. The fourth-order valence-electron chi connectivity index (χ4n) is 1.63. The highest BCUT2D eigenvalue weighted by Crippen LogP contribution is 2.18. The lowest BCUT2D eigenvalue weighted by Crippen LogP contribution is -2.45. The van der Waals surface area contributed by atoms with Gasteiger partial charge in [-0.15, -0.1) is 0 Å². The number of amides is 1.